The molecule has 13 nitrogen and oxygen atoms in total. The molecule has 2 aromatic rings. The van der Waals surface area contributed by atoms with Gasteiger partial charge in [0, 0.05) is 13.2 Å². The SMILES string of the molecule is CO.COc1cc(O)c2c(c1[C@@H]1O[C@H](CO)[C@@H](O)[C@H](O)[C@H]1O)O[C@H](c1ccc(O)c(O)c1)[C@@H](O)C2=O. The fourth-order valence-corrected chi connectivity index (χ4v) is 4.22. The summed E-state index contributed by atoms with van der Waals surface area (Å²) in [7, 11) is 2.23. The molecule has 1 fully saturated rings. The lowest BCUT2D eigenvalue weighted by atomic mass is 9.86. The highest BCUT2D eigenvalue weighted by Crippen LogP contribution is 2.51. The standard InChI is InChI=1S/C22H24O12.CH4O/c1-32-11-5-10(26)13-16(28)18(30)20(7-2-3-8(24)9(25)4-7)34-21(13)14(11)22-19(31)17(29)15(27)12(6-23)33-22;1-2/h2-5,12,15,17-20,22-27,29-31H,6H2,1H3;2H,1H3/t12-,15-,17+,18+,19-,20-,22+;/m1./s1. The number of rotatable bonds is 4. The maximum absolute atomic E-state index is 13.1. The van der Waals surface area contributed by atoms with Gasteiger partial charge in [-0.05, 0) is 17.7 Å². The molecule has 0 spiro atoms. The predicted octanol–water partition coefficient (Wildman–Crippen LogP) is -1.39. The number of hydrogen-bond acceptors (Lipinski definition) is 13. The molecule has 0 aliphatic carbocycles. The lowest BCUT2D eigenvalue weighted by Gasteiger charge is -2.42. The number of hydrogen-bond donors (Lipinski definition) is 9. The van der Waals surface area contributed by atoms with E-state index in [0.717, 1.165) is 25.3 Å². The van der Waals surface area contributed by atoms with Crippen molar-refractivity contribution in [2.24, 2.45) is 0 Å². The molecule has 1 saturated heterocycles. The van der Waals surface area contributed by atoms with E-state index in [-0.39, 0.29) is 22.6 Å². The van der Waals surface area contributed by atoms with Crippen LogP contribution in [-0.2, 0) is 4.74 Å². The van der Waals surface area contributed by atoms with Gasteiger partial charge in [0.15, 0.2) is 23.7 Å². The Balaban J connectivity index is 0.00000176. The molecule has 4 rings (SSSR count). The van der Waals surface area contributed by atoms with Gasteiger partial charge < -0.3 is 60.2 Å². The molecule has 0 amide bonds. The third kappa shape index (κ3) is 4.53. The van der Waals surface area contributed by atoms with Gasteiger partial charge in [0.1, 0.15) is 53.3 Å². The van der Waals surface area contributed by atoms with Crippen LogP contribution in [0.5, 0.6) is 28.7 Å². The van der Waals surface area contributed by atoms with E-state index < -0.39 is 77.9 Å². The Labute approximate surface area is 204 Å². The molecule has 2 aliphatic rings. The highest BCUT2D eigenvalue weighted by molar-refractivity contribution is 6.06. The molecule has 7 atom stereocenters. The van der Waals surface area contributed by atoms with Crippen molar-refractivity contribution >= 4 is 5.78 Å². The van der Waals surface area contributed by atoms with Crippen molar-refractivity contribution in [1.82, 2.24) is 0 Å². The van der Waals surface area contributed by atoms with E-state index in [4.69, 9.17) is 19.3 Å². The number of carbonyl (C=O) groups is 1. The highest BCUT2D eigenvalue weighted by Gasteiger charge is 2.49. The Morgan fingerprint density at radius 1 is 0.889 bits per heavy atom. The number of Topliss-reactive ketones (excluding diaryl/α,β-unsaturated/α-hetero) is 1. The molecule has 0 bridgehead atoms. The first-order valence-corrected chi connectivity index (χ1v) is 10.7. The molecule has 36 heavy (non-hydrogen) atoms. The molecule has 2 heterocycles. The topological polar surface area (TPSA) is 227 Å². The number of aliphatic hydroxyl groups excluding tert-OH is 6. The van der Waals surface area contributed by atoms with Crippen LogP contribution in [0.1, 0.15) is 33.7 Å². The molecule has 2 aromatic carbocycles. The molecule has 0 aromatic heterocycles. The van der Waals surface area contributed by atoms with Crippen LogP contribution >= 0.6 is 0 Å². The minimum Gasteiger partial charge on any atom is -0.507 e. The van der Waals surface area contributed by atoms with E-state index in [1.807, 2.05) is 0 Å². The predicted molar refractivity (Wildman–Crippen MR) is 119 cm³/mol. The van der Waals surface area contributed by atoms with E-state index >= 15 is 0 Å². The second kappa shape index (κ2) is 10.8. The molecule has 9 N–H and O–H groups in total. The van der Waals surface area contributed by atoms with Gasteiger partial charge in [-0.15, -0.1) is 0 Å². The first-order valence-electron chi connectivity index (χ1n) is 10.7. The number of phenolic OH excluding ortho intramolecular Hbond substituents is 3. The summed E-state index contributed by atoms with van der Waals surface area (Å²) in [6.07, 6.45) is -11.2. The number of carbonyl (C=O) groups excluding carboxylic acids is 1. The largest absolute Gasteiger partial charge is 0.507 e. The normalized spacial score (nSPS) is 29.4. The average Bonchev–Trinajstić information content (AvgIpc) is 2.87. The zero-order valence-electron chi connectivity index (χ0n) is 19.2. The molecule has 0 radical (unpaired) electrons. The van der Waals surface area contributed by atoms with Crippen LogP contribution < -0.4 is 9.47 Å². The third-order valence-electron chi connectivity index (χ3n) is 6.03. The molecule has 13 heteroatoms. The van der Waals surface area contributed by atoms with Gasteiger partial charge in [-0.25, -0.2) is 0 Å². The summed E-state index contributed by atoms with van der Waals surface area (Å²) in [6.45, 7) is -0.710. The van der Waals surface area contributed by atoms with Gasteiger partial charge in [0.2, 0.25) is 5.78 Å². The Kier molecular flexibility index (Phi) is 8.26. The number of methoxy groups -OCH3 is 1. The van der Waals surface area contributed by atoms with Crippen LogP contribution in [0.4, 0.5) is 0 Å². The Morgan fingerprint density at radius 3 is 2.14 bits per heavy atom. The molecule has 2 aliphatic heterocycles. The summed E-state index contributed by atoms with van der Waals surface area (Å²) in [6, 6.07) is 4.54. The maximum atomic E-state index is 13.1. The van der Waals surface area contributed by atoms with Gasteiger partial charge in [-0.1, -0.05) is 6.07 Å². The van der Waals surface area contributed by atoms with Crippen LogP contribution in [0.25, 0.3) is 0 Å². The van der Waals surface area contributed by atoms with E-state index in [1.165, 1.54) is 13.2 Å². The molecular weight excluding hydrogens is 484 g/mol. The first kappa shape index (κ1) is 27.4. The van der Waals surface area contributed by atoms with Gasteiger partial charge in [0.05, 0.1) is 19.3 Å². The molecule has 0 unspecified atom stereocenters. The van der Waals surface area contributed by atoms with Crippen molar-refractivity contribution in [3.63, 3.8) is 0 Å². The first-order chi connectivity index (χ1) is 17.1. The lowest BCUT2D eigenvalue weighted by molar-refractivity contribution is -0.232. The Bertz CT molecular complexity index is 1100. The fourth-order valence-electron chi connectivity index (χ4n) is 4.22. The second-order valence-corrected chi connectivity index (χ2v) is 8.06. The van der Waals surface area contributed by atoms with Crippen molar-refractivity contribution in [2.75, 3.05) is 20.8 Å². The van der Waals surface area contributed by atoms with Gasteiger partial charge in [-0.2, -0.15) is 0 Å². The lowest BCUT2D eigenvalue weighted by Crippen LogP contribution is -2.55. The Morgan fingerprint density at radius 2 is 1.56 bits per heavy atom. The number of phenols is 3. The number of aliphatic hydroxyl groups is 6. The van der Waals surface area contributed by atoms with Crippen molar-refractivity contribution < 1.29 is 65.0 Å². The van der Waals surface area contributed by atoms with Crippen molar-refractivity contribution in [3.05, 3.63) is 41.0 Å². The summed E-state index contributed by atoms with van der Waals surface area (Å²) in [5, 5.41) is 88.1. The maximum Gasteiger partial charge on any atom is 0.202 e. The fraction of sp³-hybridized carbons (Fsp3) is 0.435. The van der Waals surface area contributed by atoms with Crippen LogP contribution in [-0.4, -0.2) is 103 Å². The number of benzene rings is 2. The monoisotopic (exact) mass is 512 g/mol. The minimum absolute atomic E-state index is 0.101. The van der Waals surface area contributed by atoms with Crippen LogP contribution in [0.2, 0.25) is 0 Å². The smallest absolute Gasteiger partial charge is 0.202 e. The van der Waals surface area contributed by atoms with E-state index in [1.54, 1.807) is 0 Å². The third-order valence-corrected chi connectivity index (χ3v) is 6.03. The number of fused-ring (bicyclic) bond motifs is 1. The second-order valence-electron chi connectivity index (χ2n) is 8.06. The van der Waals surface area contributed by atoms with Crippen molar-refractivity contribution in [1.29, 1.82) is 0 Å². The van der Waals surface area contributed by atoms with Crippen LogP contribution in [0.3, 0.4) is 0 Å². The van der Waals surface area contributed by atoms with E-state index in [9.17, 15) is 45.6 Å². The summed E-state index contributed by atoms with van der Waals surface area (Å²) in [4.78, 5) is 13.1. The zero-order valence-corrected chi connectivity index (χ0v) is 19.2. The zero-order chi connectivity index (χ0) is 26.9. The van der Waals surface area contributed by atoms with Crippen molar-refractivity contribution in [2.45, 2.75) is 42.7 Å². The summed E-state index contributed by atoms with van der Waals surface area (Å²) in [5.74, 6) is -2.98. The number of ether oxygens (including phenoxy) is 3. The number of ketones is 1. The minimum atomic E-state index is -1.82. The quantitative estimate of drug-likeness (QED) is 0.215. The highest BCUT2D eigenvalue weighted by atomic mass is 16.6. The van der Waals surface area contributed by atoms with Gasteiger partial charge >= 0.3 is 0 Å². The molecular formula is C23H28O13. The van der Waals surface area contributed by atoms with Crippen LogP contribution in [0, 0.1) is 0 Å². The number of aromatic hydroxyl groups is 3. The van der Waals surface area contributed by atoms with Gasteiger partial charge in [-0.3, -0.25) is 4.79 Å². The molecule has 0 saturated carbocycles. The Hall–Kier alpha value is -3.17. The summed E-state index contributed by atoms with van der Waals surface area (Å²) >= 11 is 0. The molecule has 198 valence electrons. The van der Waals surface area contributed by atoms with Gasteiger partial charge in [0.25, 0.3) is 0 Å². The van der Waals surface area contributed by atoms with Crippen molar-refractivity contribution in [3.8, 4) is 28.7 Å². The summed E-state index contributed by atoms with van der Waals surface area (Å²) in [5.41, 5.74) is -0.469. The van der Waals surface area contributed by atoms with E-state index in [0.29, 0.717) is 0 Å². The summed E-state index contributed by atoms with van der Waals surface area (Å²) < 4.78 is 16.8. The van der Waals surface area contributed by atoms with Crippen LogP contribution in [0.15, 0.2) is 24.3 Å². The average molecular weight is 512 g/mol. The van der Waals surface area contributed by atoms with E-state index in [2.05, 4.69) is 0 Å².